The summed E-state index contributed by atoms with van der Waals surface area (Å²) in [6.45, 7) is 7.80. The predicted octanol–water partition coefficient (Wildman–Crippen LogP) is 2.23. The Bertz CT molecular complexity index is 517. The molecule has 0 bridgehead atoms. The van der Waals surface area contributed by atoms with Gasteiger partial charge in [-0.05, 0) is 32.0 Å². The van der Waals surface area contributed by atoms with Gasteiger partial charge in [-0.2, -0.15) is 0 Å². The minimum atomic E-state index is 0.453. The van der Waals surface area contributed by atoms with Gasteiger partial charge in [-0.3, -0.25) is 4.40 Å². The van der Waals surface area contributed by atoms with Crippen LogP contribution >= 0.6 is 11.8 Å². The summed E-state index contributed by atoms with van der Waals surface area (Å²) in [6, 6.07) is 5.94. The Kier molecular flexibility index (Phi) is 6.29. The lowest BCUT2D eigenvalue weighted by molar-refractivity contribution is 0.145. The summed E-state index contributed by atoms with van der Waals surface area (Å²) in [6.07, 6.45) is 3.05. The molecule has 0 aliphatic rings. The second kappa shape index (κ2) is 8.24. The monoisotopic (exact) mass is 294 g/mol. The maximum atomic E-state index is 5.31. The molecule has 2 heterocycles. The van der Waals surface area contributed by atoms with E-state index in [1.165, 1.54) is 0 Å². The first-order chi connectivity index (χ1) is 9.81. The largest absolute Gasteiger partial charge is 0.382 e. The maximum absolute atomic E-state index is 5.31. The first-order valence-corrected chi connectivity index (χ1v) is 7.94. The van der Waals surface area contributed by atoms with Crippen LogP contribution < -0.4 is 5.32 Å². The zero-order chi connectivity index (χ0) is 14.2. The zero-order valence-corrected chi connectivity index (χ0v) is 12.9. The maximum Gasteiger partial charge on any atom is 0.195 e. The number of rotatable bonds is 9. The van der Waals surface area contributed by atoms with E-state index in [0.29, 0.717) is 5.25 Å². The Labute approximate surface area is 124 Å². The fourth-order valence-corrected chi connectivity index (χ4v) is 2.79. The number of ether oxygens (including phenoxy) is 1. The van der Waals surface area contributed by atoms with Gasteiger partial charge < -0.3 is 10.1 Å². The minimum absolute atomic E-state index is 0.453. The number of thioether (sulfide) groups is 1. The van der Waals surface area contributed by atoms with E-state index in [4.69, 9.17) is 4.74 Å². The van der Waals surface area contributed by atoms with E-state index >= 15 is 0 Å². The van der Waals surface area contributed by atoms with Crippen molar-refractivity contribution in [3.8, 4) is 0 Å². The lowest BCUT2D eigenvalue weighted by Gasteiger charge is -2.11. The molecule has 0 radical (unpaired) electrons. The number of hydrogen-bond donors (Lipinski definition) is 1. The molecule has 0 spiro atoms. The third kappa shape index (κ3) is 4.47. The van der Waals surface area contributed by atoms with Crippen LogP contribution in [0, 0.1) is 0 Å². The molecule has 2 aromatic heterocycles. The molecule has 1 N–H and O–H groups in total. The summed E-state index contributed by atoms with van der Waals surface area (Å²) >= 11 is 1.74. The number of hydrogen-bond acceptors (Lipinski definition) is 5. The molecule has 20 heavy (non-hydrogen) atoms. The van der Waals surface area contributed by atoms with E-state index in [2.05, 4.69) is 22.4 Å². The molecular weight excluding hydrogens is 272 g/mol. The third-order valence-electron chi connectivity index (χ3n) is 2.87. The second-order valence-electron chi connectivity index (χ2n) is 4.59. The number of pyridine rings is 1. The van der Waals surface area contributed by atoms with Crippen LogP contribution in [0.2, 0.25) is 0 Å². The molecule has 110 valence electrons. The number of aromatic nitrogens is 3. The fraction of sp³-hybridized carbons (Fsp3) is 0.571. The molecule has 2 rings (SSSR count). The van der Waals surface area contributed by atoms with E-state index in [9.17, 15) is 0 Å². The normalized spacial score (nSPS) is 12.9. The average molecular weight is 294 g/mol. The summed E-state index contributed by atoms with van der Waals surface area (Å²) in [5.74, 6) is 0. The summed E-state index contributed by atoms with van der Waals surface area (Å²) in [7, 11) is 0. The molecule has 0 saturated carbocycles. The van der Waals surface area contributed by atoms with Crippen LogP contribution in [0.5, 0.6) is 0 Å². The molecule has 0 amide bonds. The first kappa shape index (κ1) is 15.3. The quantitative estimate of drug-likeness (QED) is 0.568. The number of nitrogens with zero attached hydrogens (tertiary/aromatic N) is 3. The summed E-state index contributed by atoms with van der Waals surface area (Å²) in [4.78, 5) is 0. The van der Waals surface area contributed by atoms with Gasteiger partial charge in [0.2, 0.25) is 0 Å². The standard InChI is InChI=1S/C14H22N4OS/c1-3-19-10-6-8-15-11-12(2)20-14-17-16-13-7-4-5-9-18(13)14/h4-5,7,9,12,15H,3,6,8,10-11H2,1-2H3. The van der Waals surface area contributed by atoms with Gasteiger partial charge in [0.15, 0.2) is 10.8 Å². The van der Waals surface area contributed by atoms with Gasteiger partial charge in [0.25, 0.3) is 0 Å². The van der Waals surface area contributed by atoms with Crippen LogP contribution in [0.25, 0.3) is 5.65 Å². The fourth-order valence-electron chi connectivity index (χ4n) is 1.87. The Hall–Kier alpha value is -1.11. The smallest absolute Gasteiger partial charge is 0.195 e. The Morgan fingerprint density at radius 2 is 2.30 bits per heavy atom. The second-order valence-corrected chi connectivity index (χ2v) is 6.00. The molecule has 6 heteroatoms. The van der Waals surface area contributed by atoms with Crippen molar-refractivity contribution < 1.29 is 4.74 Å². The third-order valence-corrected chi connectivity index (χ3v) is 3.93. The highest BCUT2D eigenvalue weighted by Crippen LogP contribution is 2.21. The van der Waals surface area contributed by atoms with Gasteiger partial charge >= 0.3 is 0 Å². The van der Waals surface area contributed by atoms with Gasteiger partial charge in [0, 0.05) is 31.2 Å². The first-order valence-electron chi connectivity index (χ1n) is 7.06. The summed E-state index contributed by atoms with van der Waals surface area (Å²) in [5, 5.41) is 13.2. The molecule has 0 aliphatic heterocycles. The predicted molar refractivity (Wildman–Crippen MR) is 82.3 cm³/mol. The van der Waals surface area contributed by atoms with Crippen molar-refractivity contribution in [3.63, 3.8) is 0 Å². The number of fused-ring (bicyclic) bond motifs is 1. The van der Waals surface area contributed by atoms with Crippen molar-refractivity contribution >= 4 is 17.4 Å². The highest BCUT2D eigenvalue weighted by molar-refractivity contribution is 7.99. The van der Waals surface area contributed by atoms with Crippen LogP contribution in [0.15, 0.2) is 29.6 Å². The molecule has 1 atom stereocenters. The lowest BCUT2D eigenvalue weighted by Crippen LogP contribution is -2.24. The van der Waals surface area contributed by atoms with Crippen molar-refractivity contribution in [2.24, 2.45) is 0 Å². The molecule has 0 aromatic carbocycles. The summed E-state index contributed by atoms with van der Waals surface area (Å²) in [5.41, 5.74) is 0.895. The average Bonchev–Trinajstić information content (AvgIpc) is 2.86. The van der Waals surface area contributed by atoms with Crippen LogP contribution in [-0.2, 0) is 4.74 Å². The molecule has 5 nitrogen and oxygen atoms in total. The highest BCUT2D eigenvalue weighted by Gasteiger charge is 2.10. The van der Waals surface area contributed by atoms with Gasteiger partial charge in [0.05, 0.1) is 0 Å². The molecule has 0 fully saturated rings. The van der Waals surface area contributed by atoms with Crippen LogP contribution in [0.3, 0.4) is 0 Å². The van der Waals surface area contributed by atoms with E-state index < -0.39 is 0 Å². The minimum Gasteiger partial charge on any atom is -0.382 e. The van der Waals surface area contributed by atoms with E-state index in [1.54, 1.807) is 11.8 Å². The van der Waals surface area contributed by atoms with Crippen molar-refractivity contribution in [2.75, 3.05) is 26.3 Å². The van der Waals surface area contributed by atoms with Crippen LogP contribution in [-0.4, -0.2) is 46.2 Å². The van der Waals surface area contributed by atoms with E-state index in [0.717, 1.165) is 43.5 Å². The van der Waals surface area contributed by atoms with Gasteiger partial charge in [-0.15, -0.1) is 10.2 Å². The van der Waals surface area contributed by atoms with Gasteiger partial charge in [0.1, 0.15) is 0 Å². The van der Waals surface area contributed by atoms with Crippen molar-refractivity contribution in [3.05, 3.63) is 24.4 Å². The molecule has 0 saturated heterocycles. The number of nitrogens with one attached hydrogen (secondary N) is 1. The van der Waals surface area contributed by atoms with E-state index in [1.807, 2.05) is 35.7 Å². The molecular formula is C14H22N4OS. The van der Waals surface area contributed by atoms with Crippen LogP contribution in [0.1, 0.15) is 20.3 Å². The summed E-state index contributed by atoms with van der Waals surface area (Å²) < 4.78 is 7.33. The molecule has 2 aromatic rings. The van der Waals surface area contributed by atoms with Gasteiger partial charge in [-0.25, -0.2) is 0 Å². The molecule has 0 aliphatic carbocycles. The Morgan fingerprint density at radius 1 is 1.40 bits per heavy atom. The molecule has 1 unspecified atom stereocenters. The van der Waals surface area contributed by atoms with Gasteiger partial charge in [-0.1, -0.05) is 24.8 Å². The Balaban J connectivity index is 1.73. The SMILES string of the molecule is CCOCCCNCC(C)Sc1nnc2ccccn12. The topological polar surface area (TPSA) is 51.5 Å². The zero-order valence-electron chi connectivity index (χ0n) is 12.1. The van der Waals surface area contributed by atoms with Crippen molar-refractivity contribution in [1.29, 1.82) is 0 Å². The van der Waals surface area contributed by atoms with Crippen LogP contribution in [0.4, 0.5) is 0 Å². The highest BCUT2D eigenvalue weighted by atomic mass is 32.2. The van der Waals surface area contributed by atoms with Crippen molar-refractivity contribution in [2.45, 2.75) is 30.7 Å². The Morgan fingerprint density at radius 3 is 3.15 bits per heavy atom. The van der Waals surface area contributed by atoms with E-state index in [-0.39, 0.29) is 0 Å². The lowest BCUT2D eigenvalue weighted by atomic mass is 10.4. The van der Waals surface area contributed by atoms with Crippen molar-refractivity contribution in [1.82, 2.24) is 19.9 Å².